The molecule has 0 fully saturated rings. The van der Waals surface area contributed by atoms with Crippen molar-refractivity contribution in [2.45, 2.75) is 14.7 Å². The molecule has 0 unspecified atom stereocenters. The molecule has 0 aliphatic carbocycles. The van der Waals surface area contributed by atoms with Crippen LogP contribution >= 0.6 is 0 Å². The molecule has 3 aromatic carbocycles. The van der Waals surface area contributed by atoms with Crippen molar-refractivity contribution in [1.82, 2.24) is 15.0 Å². The molecule has 0 aliphatic heterocycles. The fraction of sp³-hybridized carbons (Fsp3) is 0. The first kappa shape index (κ1) is 35.1. The number of carboxylic acids is 3. The molecule has 4 rings (SSSR count). The summed E-state index contributed by atoms with van der Waals surface area (Å²) in [5.74, 6) is -6.51. The first-order valence-electron chi connectivity index (χ1n) is 12.2. The Kier molecular flexibility index (Phi) is 9.34. The van der Waals surface area contributed by atoms with Crippen molar-refractivity contribution in [3.63, 3.8) is 0 Å². The number of nitrogens with one attached hydrogen (secondary N) is 3. The van der Waals surface area contributed by atoms with Crippen LogP contribution in [0.1, 0.15) is 31.1 Å². The Bertz CT molecular complexity index is 2080. The van der Waals surface area contributed by atoms with Gasteiger partial charge in [-0.15, -0.1) is 0 Å². The SMILES string of the molecule is O=C(O)c1cc(Nc2nc(Nc3cc(C(=O)O)cc(S(=O)(=O)O)c3)nc(Nc3cc(C(=O)O)cc(S(=O)(=O)O)c3)n2)cc(S(=O)(=O)O)c1. The Morgan fingerprint density at radius 2 is 0.667 bits per heavy atom. The summed E-state index contributed by atoms with van der Waals surface area (Å²) in [4.78, 5) is 44.1. The van der Waals surface area contributed by atoms with Crippen LogP contribution in [-0.2, 0) is 30.4 Å². The Labute approximate surface area is 268 Å². The molecule has 0 radical (unpaired) electrons. The summed E-state index contributed by atoms with van der Waals surface area (Å²) in [5, 5.41) is 35.5. The minimum atomic E-state index is -4.94. The molecule has 0 amide bonds. The summed E-state index contributed by atoms with van der Waals surface area (Å²) in [7, 11) is -14.8. The Morgan fingerprint density at radius 1 is 0.438 bits per heavy atom. The molecular weight excluding hydrogens is 708 g/mol. The van der Waals surface area contributed by atoms with E-state index in [9.17, 15) is 68.6 Å². The zero-order valence-electron chi connectivity index (χ0n) is 23.1. The lowest BCUT2D eigenvalue weighted by Crippen LogP contribution is -2.10. The molecule has 1 aromatic heterocycles. The lowest BCUT2D eigenvalue weighted by Gasteiger charge is -2.14. The van der Waals surface area contributed by atoms with Gasteiger partial charge in [-0.25, -0.2) is 14.4 Å². The van der Waals surface area contributed by atoms with Crippen LogP contribution in [0.2, 0.25) is 0 Å². The lowest BCUT2D eigenvalue weighted by atomic mass is 10.2. The quantitative estimate of drug-likeness (QED) is 0.0941. The second-order valence-corrected chi connectivity index (χ2v) is 13.5. The number of nitrogens with zero attached hydrogens (tertiary/aromatic N) is 3. The molecule has 0 aliphatic rings. The molecule has 0 bridgehead atoms. The lowest BCUT2D eigenvalue weighted by molar-refractivity contribution is 0.0686. The van der Waals surface area contributed by atoms with Gasteiger partial charge < -0.3 is 31.3 Å². The number of aromatic carboxylic acids is 3. The highest BCUT2D eigenvalue weighted by Crippen LogP contribution is 2.27. The first-order chi connectivity index (χ1) is 22.1. The zero-order chi connectivity index (χ0) is 35.8. The summed E-state index contributed by atoms with van der Waals surface area (Å²) in [6.45, 7) is 0. The second kappa shape index (κ2) is 12.8. The van der Waals surface area contributed by atoms with E-state index in [1.54, 1.807) is 0 Å². The molecule has 0 saturated carbocycles. The van der Waals surface area contributed by atoms with Crippen LogP contribution in [0.25, 0.3) is 0 Å². The van der Waals surface area contributed by atoms with Gasteiger partial charge >= 0.3 is 17.9 Å². The second-order valence-electron chi connectivity index (χ2n) is 9.26. The Morgan fingerprint density at radius 3 is 0.854 bits per heavy atom. The van der Waals surface area contributed by atoms with E-state index < -0.39 is 97.5 Å². The molecule has 21 nitrogen and oxygen atoms in total. The molecule has 0 saturated heterocycles. The maximum atomic E-state index is 11.7. The van der Waals surface area contributed by atoms with Gasteiger partial charge in [0.2, 0.25) is 17.8 Å². The van der Waals surface area contributed by atoms with Gasteiger partial charge in [-0.05, 0) is 54.6 Å². The van der Waals surface area contributed by atoms with Gasteiger partial charge in [0, 0.05) is 17.1 Å². The van der Waals surface area contributed by atoms with E-state index in [0.29, 0.717) is 18.2 Å². The molecule has 24 heteroatoms. The smallest absolute Gasteiger partial charge is 0.335 e. The van der Waals surface area contributed by atoms with Crippen LogP contribution in [0.3, 0.4) is 0 Å². The average molecular weight is 727 g/mol. The number of carbonyl (C=O) groups is 3. The third-order valence-electron chi connectivity index (χ3n) is 5.76. The van der Waals surface area contributed by atoms with E-state index >= 15 is 0 Å². The van der Waals surface area contributed by atoms with Crippen molar-refractivity contribution in [3.05, 3.63) is 71.3 Å². The number of rotatable bonds is 12. The van der Waals surface area contributed by atoms with Gasteiger partial charge in [-0.1, -0.05) is 0 Å². The van der Waals surface area contributed by atoms with Crippen molar-refractivity contribution >= 4 is 83.2 Å². The summed E-state index contributed by atoms with van der Waals surface area (Å²) in [6.07, 6.45) is 0. The molecule has 0 spiro atoms. The maximum absolute atomic E-state index is 11.7. The highest BCUT2D eigenvalue weighted by Gasteiger charge is 2.20. The summed E-state index contributed by atoms with van der Waals surface area (Å²) in [5.41, 5.74) is -2.88. The van der Waals surface area contributed by atoms with Crippen molar-refractivity contribution in [2.75, 3.05) is 16.0 Å². The van der Waals surface area contributed by atoms with Crippen molar-refractivity contribution in [2.24, 2.45) is 0 Å². The summed E-state index contributed by atoms with van der Waals surface area (Å²) in [6, 6.07) is 7.00. The summed E-state index contributed by atoms with van der Waals surface area (Å²) < 4.78 is 98.9. The predicted octanol–water partition coefficient (Wildman–Crippen LogP) is 1.94. The molecule has 0 atom stereocenters. The number of carboxylic acid groups (broad SMARTS) is 3. The van der Waals surface area contributed by atoms with Gasteiger partial charge in [-0.2, -0.15) is 40.2 Å². The van der Waals surface area contributed by atoms with Crippen molar-refractivity contribution in [1.29, 1.82) is 0 Å². The maximum Gasteiger partial charge on any atom is 0.335 e. The van der Waals surface area contributed by atoms with Gasteiger partial charge in [-0.3, -0.25) is 13.7 Å². The van der Waals surface area contributed by atoms with Crippen LogP contribution in [0.15, 0.2) is 69.3 Å². The van der Waals surface area contributed by atoms with E-state index in [2.05, 4.69) is 30.9 Å². The third kappa shape index (κ3) is 8.72. The van der Waals surface area contributed by atoms with Crippen molar-refractivity contribution in [3.8, 4) is 0 Å². The van der Waals surface area contributed by atoms with Gasteiger partial charge in [0.1, 0.15) is 0 Å². The standard InChI is InChI=1S/C24H18N6O15S3/c31-19(32)10-1-13(7-16(4-10)46(37,38)39)25-22-28-23(26-14-2-11(20(33)34)5-17(8-14)47(40,41)42)30-24(29-22)27-15-3-12(21(35)36)6-18(9-15)48(43,44)45/h1-9H,(H,31,32)(H,33,34)(H,35,36)(H,37,38,39)(H,40,41,42)(H,43,44,45)(H3,25,26,27,28,29,30). The highest BCUT2D eigenvalue weighted by molar-refractivity contribution is 7.86. The van der Waals surface area contributed by atoms with Crippen LogP contribution < -0.4 is 16.0 Å². The molecule has 252 valence electrons. The minimum Gasteiger partial charge on any atom is -0.478 e. The van der Waals surface area contributed by atoms with E-state index in [4.69, 9.17) is 0 Å². The summed E-state index contributed by atoms with van der Waals surface area (Å²) >= 11 is 0. The fourth-order valence-corrected chi connectivity index (χ4v) is 5.42. The van der Waals surface area contributed by atoms with E-state index in [0.717, 1.165) is 36.4 Å². The van der Waals surface area contributed by atoms with Crippen LogP contribution in [-0.4, -0.2) is 87.1 Å². The molecule has 1 heterocycles. The Balaban J connectivity index is 1.89. The number of benzene rings is 3. The minimum absolute atomic E-state index is 0.339. The van der Waals surface area contributed by atoms with E-state index in [1.807, 2.05) is 0 Å². The Hall–Kier alpha value is -5.79. The van der Waals surface area contributed by atoms with Gasteiger partial charge in [0.05, 0.1) is 31.4 Å². The van der Waals surface area contributed by atoms with Gasteiger partial charge in [0.15, 0.2) is 0 Å². The number of anilines is 6. The molecule has 4 aromatic rings. The number of hydrogen-bond donors (Lipinski definition) is 9. The largest absolute Gasteiger partial charge is 0.478 e. The normalized spacial score (nSPS) is 11.8. The third-order valence-corrected chi connectivity index (χ3v) is 8.25. The van der Waals surface area contributed by atoms with Crippen LogP contribution in [0.4, 0.5) is 34.9 Å². The highest BCUT2D eigenvalue weighted by atomic mass is 32.2. The predicted molar refractivity (Wildman–Crippen MR) is 159 cm³/mol. The van der Waals surface area contributed by atoms with E-state index in [-0.39, 0.29) is 17.1 Å². The number of aromatic nitrogens is 3. The zero-order valence-corrected chi connectivity index (χ0v) is 25.6. The van der Waals surface area contributed by atoms with Crippen LogP contribution in [0.5, 0.6) is 0 Å². The molecular formula is C24H18N6O15S3. The van der Waals surface area contributed by atoms with E-state index in [1.165, 1.54) is 0 Å². The number of hydrogen-bond acceptors (Lipinski definition) is 15. The molecule has 9 N–H and O–H groups in total. The average Bonchev–Trinajstić information content (AvgIpc) is 2.95. The topological polar surface area (TPSA) is 350 Å². The first-order valence-corrected chi connectivity index (χ1v) is 16.6. The molecule has 48 heavy (non-hydrogen) atoms. The monoisotopic (exact) mass is 726 g/mol. The van der Waals surface area contributed by atoms with Crippen LogP contribution in [0, 0.1) is 0 Å². The fourth-order valence-electron chi connectivity index (χ4n) is 3.76. The van der Waals surface area contributed by atoms with Gasteiger partial charge in [0.25, 0.3) is 30.4 Å². The van der Waals surface area contributed by atoms with Crippen molar-refractivity contribution < 1.29 is 68.6 Å².